The number of fused-ring (bicyclic) bond motifs is 1. The lowest BCUT2D eigenvalue weighted by Gasteiger charge is -2.24. The van der Waals surface area contributed by atoms with E-state index in [-0.39, 0.29) is 18.4 Å². The fraction of sp³-hybridized carbons (Fsp3) is 0.391. The predicted octanol–water partition coefficient (Wildman–Crippen LogP) is 4.08. The Bertz CT molecular complexity index is 945. The number of hydrogen-bond donors (Lipinski definition) is 0. The van der Waals surface area contributed by atoms with E-state index in [1.54, 1.807) is 28.1 Å². The summed E-state index contributed by atoms with van der Waals surface area (Å²) in [6, 6.07) is 9.39. The maximum absolute atomic E-state index is 12.2. The van der Waals surface area contributed by atoms with Crippen LogP contribution in [-0.2, 0) is 16.0 Å². The van der Waals surface area contributed by atoms with Crippen molar-refractivity contribution in [2.75, 3.05) is 27.9 Å². The summed E-state index contributed by atoms with van der Waals surface area (Å²) in [4.78, 5) is 24.3. The van der Waals surface area contributed by atoms with Crippen LogP contribution in [0.2, 0.25) is 0 Å². The number of carbonyl (C=O) groups excluding carboxylic acids is 2. The lowest BCUT2D eigenvalue weighted by atomic mass is 9.94. The molecule has 6 nitrogen and oxygen atoms in total. The van der Waals surface area contributed by atoms with Gasteiger partial charge in [-0.05, 0) is 43.5 Å². The predicted molar refractivity (Wildman–Crippen MR) is 109 cm³/mol. The normalized spacial score (nSPS) is 13.1. The van der Waals surface area contributed by atoms with Gasteiger partial charge in [0.1, 0.15) is 6.61 Å². The summed E-state index contributed by atoms with van der Waals surface area (Å²) in [7, 11) is 4.45. The smallest absolute Gasteiger partial charge is 0.314 e. The van der Waals surface area contributed by atoms with Gasteiger partial charge in [0.05, 0.1) is 26.7 Å². The van der Waals surface area contributed by atoms with Crippen LogP contribution in [0.4, 0.5) is 0 Å². The molecule has 154 valence electrons. The molecule has 0 fully saturated rings. The first kappa shape index (κ1) is 20.7. The van der Waals surface area contributed by atoms with E-state index in [2.05, 4.69) is 0 Å². The van der Waals surface area contributed by atoms with Crippen molar-refractivity contribution in [3.8, 4) is 28.4 Å². The van der Waals surface area contributed by atoms with E-state index in [0.717, 1.165) is 22.3 Å². The van der Waals surface area contributed by atoms with Gasteiger partial charge in [-0.1, -0.05) is 18.2 Å². The van der Waals surface area contributed by atoms with Crippen LogP contribution in [-0.4, -0.2) is 39.7 Å². The minimum atomic E-state index is -0.852. The maximum atomic E-state index is 12.2. The maximum Gasteiger partial charge on any atom is 0.314 e. The van der Waals surface area contributed by atoms with Gasteiger partial charge < -0.3 is 18.9 Å². The summed E-state index contributed by atoms with van der Waals surface area (Å²) in [5.41, 5.74) is 2.60. The van der Waals surface area contributed by atoms with Crippen molar-refractivity contribution < 1.29 is 28.5 Å². The molecule has 0 saturated heterocycles. The Morgan fingerprint density at radius 1 is 0.931 bits per heavy atom. The zero-order valence-electron chi connectivity index (χ0n) is 17.5. The number of ether oxygens (including phenoxy) is 4. The highest BCUT2D eigenvalue weighted by atomic mass is 16.5. The third-order valence-corrected chi connectivity index (χ3v) is 5.18. The van der Waals surface area contributed by atoms with Crippen molar-refractivity contribution in [2.24, 2.45) is 5.41 Å². The van der Waals surface area contributed by atoms with Gasteiger partial charge in [0.2, 0.25) is 5.75 Å². The van der Waals surface area contributed by atoms with Crippen LogP contribution in [0, 0.1) is 5.41 Å². The molecule has 29 heavy (non-hydrogen) atoms. The number of Topliss-reactive ketones (excluding diaryl/α,β-unsaturated/α-hetero) is 1. The second-order valence-electron chi connectivity index (χ2n) is 7.60. The standard InChI is InChI=1S/C23H26O6/c1-23(2,22(25)28-5)13-29-20-17(10-12-19(26-3)21(20)27-4)14-7-6-8-16-15(14)9-11-18(16)24/h6-8,10,12H,9,11,13H2,1-5H3. The first-order chi connectivity index (χ1) is 13.8. The van der Waals surface area contributed by atoms with E-state index in [9.17, 15) is 9.59 Å². The Balaban J connectivity index is 2.12. The molecule has 0 amide bonds. The van der Waals surface area contributed by atoms with Crippen molar-refractivity contribution in [1.29, 1.82) is 0 Å². The minimum Gasteiger partial charge on any atom is -0.493 e. The Labute approximate surface area is 170 Å². The van der Waals surface area contributed by atoms with E-state index >= 15 is 0 Å². The molecular weight excluding hydrogens is 372 g/mol. The van der Waals surface area contributed by atoms with Gasteiger partial charge in [-0.15, -0.1) is 0 Å². The molecule has 6 heteroatoms. The van der Waals surface area contributed by atoms with Crippen LogP contribution in [0.25, 0.3) is 11.1 Å². The molecule has 1 aliphatic carbocycles. The summed E-state index contributed by atoms with van der Waals surface area (Å²) >= 11 is 0. The largest absolute Gasteiger partial charge is 0.493 e. The number of benzene rings is 2. The zero-order valence-corrected chi connectivity index (χ0v) is 17.5. The Morgan fingerprint density at radius 3 is 2.31 bits per heavy atom. The lowest BCUT2D eigenvalue weighted by molar-refractivity contribution is -0.152. The van der Waals surface area contributed by atoms with Gasteiger partial charge in [0.25, 0.3) is 0 Å². The van der Waals surface area contributed by atoms with Crippen molar-refractivity contribution in [2.45, 2.75) is 26.7 Å². The molecule has 0 aromatic heterocycles. The average Bonchev–Trinajstić information content (AvgIpc) is 3.11. The average molecular weight is 398 g/mol. The molecule has 2 aromatic carbocycles. The Hall–Kier alpha value is -3.02. The number of rotatable bonds is 7. The quantitative estimate of drug-likeness (QED) is 0.655. The first-order valence-corrected chi connectivity index (χ1v) is 9.45. The number of methoxy groups -OCH3 is 3. The van der Waals surface area contributed by atoms with Crippen LogP contribution < -0.4 is 14.2 Å². The highest BCUT2D eigenvalue weighted by molar-refractivity contribution is 6.02. The number of carbonyl (C=O) groups is 2. The van der Waals surface area contributed by atoms with Gasteiger partial charge in [-0.25, -0.2) is 0 Å². The molecule has 1 aliphatic rings. The van der Waals surface area contributed by atoms with Crippen molar-refractivity contribution in [1.82, 2.24) is 0 Å². The van der Waals surface area contributed by atoms with Gasteiger partial charge in [-0.2, -0.15) is 0 Å². The SMILES string of the molecule is COC(=O)C(C)(C)COc1c(-c2cccc3c2CCC3=O)ccc(OC)c1OC. The summed E-state index contributed by atoms with van der Waals surface area (Å²) < 4.78 is 22.0. The van der Waals surface area contributed by atoms with Crippen LogP contribution in [0.5, 0.6) is 17.2 Å². The number of esters is 1. The zero-order chi connectivity index (χ0) is 21.2. The van der Waals surface area contributed by atoms with Gasteiger partial charge in [0.15, 0.2) is 17.3 Å². The van der Waals surface area contributed by atoms with E-state index in [1.807, 2.05) is 30.3 Å². The summed E-state index contributed by atoms with van der Waals surface area (Å²) in [6.07, 6.45) is 1.19. The topological polar surface area (TPSA) is 71.1 Å². The molecule has 0 spiro atoms. The van der Waals surface area contributed by atoms with E-state index < -0.39 is 5.41 Å². The van der Waals surface area contributed by atoms with Crippen LogP contribution in [0.3, 0.4) is 0 Å². The highest BCUT2D eigenvalue weighted by Crippen LogP contribution is 2.47. The summed E-state index contributed by atoms with van der Waals surface area (Å²) in [5, 5.41) is 0. The van der Waals surface area contributed by atoms with E-state index in [0.29, 0.717) is 30.1 Å². The molecular formula is C23H26O6. The molecule has 2 aromatic rings. The van der Waals surface area contributed by atoms with Gasteiger partial charge in [-0.3, -0.25) is 9.59 Å². The van der Waals surface area contributed by atoms with E-state index in [4.69, 9.17) is 18.9 Å². The van der Waals surface area contributed by atoms with E-state index in [1.165, 1.54) is 7.11 Å². The van der Waals surface area contributed by atoms with Gasteiger partial charge >= 0.3 is 5.97 Å². The number of hydrogen-bond acceptors (Lipinski definition) is 6. The fourth-order valence-corrected chi connectivity index (χ4v) is 3.58. The highest BCUT2D eigenvalue weighted by Gasteiger charge is 2.32. The summed E-state index contributed by atoms with van der Waals surface area (Å²) in [5.74, 6) is 1.21. The molecule has 3 rings (SSSR count). The molecule has 0 unspecified atom stereocenters. The molecule has 0 heterocycles. The monoisotopic (exact) mass is 398 g/mol. The molecule has 0 atom stereocenters. The van der Waals surface area contributed by atoms with Crippen molar-refractivity contribution >= 4 is 11.8 Å². The molecule has 0 aliphatic heterocycles. The molecule has 0 radical (unpaired) electrons. The minimum absolute atomic E-state index is 0.0875. The molecule has 0 saturated carbocycles. The fourth-order valence-electron chi connectivity index (χ4n) is 3.58. The van der Waals surface area contributed by atoms with Crippen LogP contribution in [0.15, 0.2) is 30.3 Å². The third kappa shape index (κ3) is 3.79. The number of ketones is 1. The molecule has 0 bridgehead atoms. The first-order valence-electron chi connectivity index (χ1n) is 9.45. The van der Waals surface area contributed by atoms with Crippen LogP contribution >= 0.6 is 0 Å². The second-order valence-corrected chi connectivity index (χ2v) is 7.60. The molecule has 0 N–H and O–H groups in total. The second kappa shape index (κ2) is 8.15. The third-order valence-electron chi connectivity index (χ3n) is 5.18. The van der Waals surface area contributed by atoms with Crippen molar-refractivity contribution in [3.63, 3.8) is 0 Å². The Morgan fingerprint density at radius 2 is 1.66 bits per heavy atom. The van der Waals surface area contributed by atoms with Crippen molar-refractivity contribution in [3.05, 3.63) is 41.5 Å². The Kier molecular flexibility index (Phi) is 5.82. The van der Waals surface area contributed by atoms with Gasteiger partial charge in [0, 0.05) is 17.5 Å². The summed E-state index contributed by atoms with van der Waals surface area (Å²) in [6.45, 7) is 3.60. The van der Waals surface area contributed by atoms with Crippen LogP contribution in [0.1, 0.15) is 36.2 Å². The lowest BCUT2D eigenvalue weighted by Crippen LogP contribution is -2.32.